The Hall–Kier alpha value is -2.40. The molecule has 0 aliphatic rings. The normalized spacial score (nSPS) is 11.9. The van der Waals surface area contributed by atoms with E-state index in [2.05, 4.69) is 44.5 Å². The van der Waals surface area contributed by atoms with Gasteiger partial charge in [-0.1, -0.05) is 29.8 Å². The predicted octanol–water partition coefficient (Wildman–Crippen LogP) is 3.41. The quantitative estimate of drug-likeness (QED) is 0.543. The van der Waals surface area contributed by atoms with E-state index in [0.717, 1.165) is 36.2 Å². The molecular formula is C19H24ClN5. The Morgan fingerprint density at radius 1 is 1.32 bits per heavy atom. The molecule has 25 heavy (non-hydrogen) atoms. The summed E-state index contributed by atoms with van der Waals surface area (Å²) < 4.78 is 2.04. The van der Waals surface area contributed by atoms with Gasteiger partial charge in [0.15, 0.2) is 5.96 Å². The maximum Gasteiger partial charge on any atom is 0.193 e. The number of H-pyrrole nitrogens is 1. The number of halogens is 1. The maximum atomic E-state index is 6.06. The zero-order chi connectivity index (χ0) is 17.8. The number of fused-ring (bicyclic) bond motifs is 1. The summed E-state index contributed by atoms with van der Waals surface area (Å²) in [5, 5.41) is 5.43. The SMILES string of the molecule is CN=C(NCCc1cc2ccccc2[nH]1)N(C)Cc1cc(Cl)cn1C. The van der Waals surface area contributed by atoms with Crippen LogP contribution < -0.4 is 5.32 Å². The van der Waals surface area contributed by atoms with Gasteiger partial charge in [-0.2, -0.15) is 0 Å². The van der Waals surface area contributed by atoms with E-state index in [9.17, 15) is 0 Å². The molecule has 3 aromatic rings. The molecule has 0 fully saturated rings. The summed E-state index contributed by atoms with van der Waals surface area (Å²) in [6.45, 7) is 1.56. The lowest BCUT2D eigenvalue weighted by Crippen LogP contribution is -2.39. The van der Waals surface area contributed by atoms with Crippen molar-refractivity contribution < 1.29 is 0 Å². The first-order chi connectivity index (χ1) is 12.1. The number of guanidine groups is 1. The third-order valence-corrected chi connectivity index (χ3v) is 4.52. The van der Waals surface area contributed by atoms with Crippen LogP contribution in [0.25, 0.3) is 10.9 Å². The van der Waals surface area contributed by atoms with E-state index in [4.69, 9.17) is 11.6 Å². The summed E-state index contributed by atoms with van der Waals surface area (Å²) in [5.74, 6) is 0.869. The highest BCUT2D eigenvalue weighted by Crippen LogP contribution is 2.15. The Bertz CT molecular complexity index is 844. The summed E-state index contributed by atoms with van der Waals surface area (Å²) in [6, 6.07) is 12.5. The number of benzene rings is 1. The fourth-order valence-corrected chi connectivity index (χ4v) is 3.28. The van der Waals surface area contributed by atoms with Crippen LogP contribution in [0.5, 0.6) is 0 Å². The Labute approximate surface area is 153 Å². The summed E-state index contributed by atoms with van der Waals surface area (Å²) in [4.78, 5) is 9.92. The lowest BCUT2D eigenvalue weighted by atomic mass is 10.2. The van der Waals surface area contributed by atoms with Crippen molar-refractivity contribution in [3.63, 3.8) is 0 Å². The number of para-hydroxylation sites is 1. The maximum absolute atomic E-state index is 6.06. The molecule has 2 aromatic heterocycles. The predicted molar refractivity (Wildman–Crippen MR) is 105 cm³/mol. The number of aromatic amines is 1. The molecule has 1 aromatic carbocycles. The van der Waals surface area contributed by atoms with Crippen molar-refractivity contribution in [3.8, 4) is 0 Å². The third-order valence-electron chi connectivity index (χ3n) is 4.31. The van der Waals surface area contributed by atoms with Crippen molar-refractivity contribution in [2.45, 2.75) is 13.0 Å². The zero-order valence-electron chi connectivity index (χ0n) is 14.9. The lowest BCUT2D eigenvalue weighted by Gasteiger charge is -2.22. The monoisotopic (exact) mass is 357 g/mol. The molecule has 0 saturated heterocycles. The fraction of sp³-hybridized carbons (Fsp3) is 0.316. The second-order valence-corrected chi connectivity index (χ2v) is 6.66. The number of nitrogens with zero attached hydrogens (tertiary/aromatic N) is 3. The van der Waals surface area contributed by atoms with Gasteiger partial charge in [-0.15, -0.1) is 0 Å². The first kappa shape index (κ1) is 17.4. The van der Waals surface area contributed by atoms with Crippen LogP contribution in [-0.4, -0.2) is 41.1 Å². The second-order valence-electron chi connectivity index (χ2n) is 6.22. The first-order valence-corrected chi connectivity index (χ1v) is 8.74. The molecule has 0 aliphatic carbocycles. The fourth-order valence-electron chi connectivity index (χ4n) is 3.00. The Balaban J connectivity index is 1.55. The van der Waals surface area contributed by atoms with Crippen molar-refractivity contribution in [2.24, 2.45) is 12.0 Å². The van der Waals surface area contributed by atoms with Crippen LogP contribution in [-0.2, 0) is 20.0 Å². The van der Waals surface area contributed by atoms with Gasteiger partial charge in [-0.05, 0) is 23.6 Å². The van der Waals surface area contributed by atoms with Crippen LogP contribution in [0.15, 0.2) is 47.6 Å². The molecule has 0 unspecified atom stereocenters. The van der Waals surface area contributed by atoms with Gasteiger partial charge in [0.2, 0.25) is 0 Å². The average Bonchev–Trinajstić information content (AvgIpc) is 3.13. The van der Waals surface area contributed by atoms with Crippen LogP contribution in [0, 0.1) is 0 Å². The van der Waals surface area contributed by atoms with E-state index in [1.54, 1.807) is 7.05 Å². The molecular weight excluding hydrogens is 334 g/mol. The number of aliphatic imine (C=N–C) groups is 1. The van der Waals surface area contributed by atoms with Gasteiger partial charge in [0.1, 0.15) is 0 Å². The highest BCUT2D eigenvalue weighted by molar-refractivity contribution is 6.30. The molecule has 0 amide bonds. The molecule has 5 nitrogen and oxygen atoms in total. The van der Waals surface area contributed by atoms with Crippen LogP contribution >= 0.6 is 11.6 Å². The van der Waals surface area contributed by atoms with Gasteiger partial charge in [0.25, 0.3) is 0 Å². The first-order valence-electron chi connectivity index (χ1n) is 8.36. The lowest BCUT2D eigenvalue weighted by molar-refractivity contribution is 0.462. The van der Waals surface area contributed by atoms with E-state index >= 15 is 0 Å². The smallest absolute Gasteiger partial charge is 0.193 e. The number of hydrogen-bond acceptors (Lipinski definition) is 1. The van der Waals surface area contributed by atoms with Crippen LogP contribution in [0.2, 0.25) is 5.02 Å². The van der Waals surface area contributed by atoms with Gasteiger partial charge in [0, 0.05) is 57.2 Å². The van der Waals surface area contributed by atoms with Gasteiger partial charge < -0.3 is 19.8 Å². The van der Waals surface area contributed by atoms with Crippen LogP contribution in [0.1, 0.15) is 11.4 Å². The highest BCUT2D eigenvalue weighted by Gasteiger charge is 2.10. The number of aryl methyl sites for hydroxylation is 1. The largest absolute Gasteiger partial charge is 0.358 e. The van der Waals surface area contributed by atoms with Gasteiger partial charge in [0.05, 0.1) is 11.6 Å². The van der Waals surface area contributed by atoms with E-state index < -0.39 is 0 Å². The molecule has 0 spiro atoms. The topological polar surface area (TPSA) is 48.4 Å². The van der Waals surface area contributed by atoms with Crippen molar-refractivity contribution in [3.05, 3.63) is 59.0 Å². The molecule has 0 bridgehead atoms. The average molecular weight is 358 g/mol. The molecule has 0 saturated carbocycles. The number of rotatable bonds is 5. The van der Waals surface area contributed by atoms with Gasteiger partial charge >= 0.3 is 0 Å². The molecule has 6 heteroatoms. The molecule has 2 heterocycles. The number of nitrogens with one attached hydrogen (secondary N) is 2. The molecule has 0 atom stereocenters. The number of aromatic nitrogens is 2. The second kappa shape index (κ2) is 7.66. The van der Waals surface area contributed by atoms with E-state index in [0.29, 0.717) is 0 Å². The van der Waals surface area contributed by atoms with Crippen molar-refractivity contribution in [1.29, 1.82) is 0 Å². The van der Waals surface area contributed by atoms with Crippen molar-refractivity contribution in [2.75, 3.05) is 20.6 Å². The van der Waals surface area contributed by atoms with Crippen LogP contribution in [0.3, 0.4) is 0 Å². The molecule has 132 valence electrons. The minimum absolute atomic E-state index is 0.745. The van der Waals surface area contributed by atoms with E-state index in [1.807, 2.05) is 37.0 Å². The van der Waals surface area contributed by atoms with Gasteiger partial charge in [-0.25, -0.2) is 0 Å². The minimum Gasteiger partial charge on any atom is -0.358 e. The minimum atomic E-state index is 0.745. The Kier molecular flexibility index (Phi) is 5.34. The highest BCUT2D eigenvalue weighted by atomic mass is 35.5. The molecule has 2 N–H and O–H groups in total. The molecule has 3 rings (SSSR count). The number of hydrogen-bond donors (Lipinski definition) is 2. The summed E-state index contributed by atoms with van der Waals surface area (Å²) in [7, 11) is 5.83. The molecule has 0 aliphatic heterocycles. The standard InChI is InChI=1S/C19H24ClN5/c1-21-19(25(3)13-17-11-15(20)12-24(17)2)22-9-8-16-10-14-6-4-5-7-18(14)23-16/h4-7,10-12,23H,8-9,13H2,1-3H3,(H,21,22). The third kappa shape index (κ3) is 4.17. The zero-order valence-corrected chi connectivity index (χ0v) is 15.6. The molecule has 0 radical (unpaired) electrons. The van der Waals surface area contributed by atoms with E-state index in [-0.39, 0.29) is 0 Å². The summed E-state index contributed by atoms with van der Waals surface area (Å²) in [6.07, 6.45) is 2.83. The Morgan fingerprint density at radius 2 is 2.12 bits per heavy atom. The van der Waals surface area contributed by atoms with E-state index in [1.165, 1.54) is 16.6 Å². The van der Waals surface area contributed by atoms with Crippen LogP contribution in [0.4, 0.5) is 0 Å². The summed E-state index contributed by atoms with van der Waals surface area (Å²) in [5.41, 5.74) is 3.55. The summed E-state index contributed by atoms with van der Waals surface area (Å²) >= 11 is 6.06. The Morgan fingerprint density at radius 3 is 2.80 bits per heavy atom. The van der Waals surface area contributed by atoms with Crippen molar-refractivity contribution in [1.82, 2.24) is 19.8 Å². The van der Waals surface area contributed by atoms with Gasteiger partial charge in [-0.3, -0.25) is 4.99 Å². The van der Waals surface area contributed by atoms with Crippen molar-refractivity contribution >= 4 is 28.5 Å².